The van der Waals surface area contributed by atoms with Gasteiger partial charge in [-0.05, 0) is 42.3 Å². The SMILES string of the molecule is O=C(NCCc1ccccc1)c1cncc(Nc2ccc(F)cc2)c1. The quantitative estimate of drug-likeness (QED) is 0.717. The molecule has 3 rings (SSSR count). The van der Waals surface area contributed by atoms with Gasteiger partial charge in [0.05, 0.1) is 17.4 Å². The van der Waals surface area contributed by atoms with Crippen molar-refractivity contribution in [1.82, 2.24) is 10.3 Å². The number of benzene rings is 2. The number of rotatable bonds is 6. The number of halogens is 1. The van der Waals surface area contributed by atoms with Crippen LogP contribution in [-0.4, -0.2) is 17.4 Å². The van der Waals surface area contributed by atoms with Gasteiger partial charge in [0.25, 0.3) is 5.91 Å². The lowest BCUT2D eigenvalue weighted by Gasteiger charge is -2.09. The van der Waals surface area contributed by atoms with Gasteiger partial charge in [0.15, 0.2) is 0 Å². The van der Waals surface area contributed by atoms with Gasteiger partial charge in [-0.1, -0.05) is 30.3 Å². The lowest BCUT2D eigenvalue weighted by Crippen LogP contribution is -2.25. The second-order valence-electron chi connectivity index (χ2n) is 5.59. The second-order valence-corrected chi connectivity index (χ2v) is 5.59. The van der Waals surface area contributed by atoms with Crippen LogP contribution in [-0.2, 0) is 6.42 Å². The van der Waals surface area contributed by atoms with Gasteiger partial charge in [0.1, 0.15) is 5.82 Å². The van der Waals surface area contributed by atoms with Crippen molar-refractivity contribution in [3.8, 4) is 0 Å². The molecular weight excluding hydrogens is 317 g/mol. The van der Waals surface area contributed by atoms with Gasteiger partial charge in [-0.25, -0.2) is 4.39 Å². The molecule has 0 aliphatic heterocycles. The van der Waals surface area contributed by atoms with E-state index in [1.54, 1.807) is 24.4 Å². The highest BCUT2D eigenvalue weighted by Crippen LogP contribution is 2.17. The molecule has 0 fully saturated rings. The number of nitrogens with one attached hydrogen (secondary N) is 2. The van der Waals surface area contributed by atoms with Crippen molar-refractivity contribution in [1.29, 1.82) is 0 Å². The number of hydrogen-bond acceptors (Lipinski definition) is 3. The molecule has 0 atom stereocenters. The summed E-state index contributed by atoms with van der Waals surface area (Å²) in [7, 11) is 0. The van der Waals surface area contributed by atoms with Crippen molar-refractivity contribution in [3.63, 3.8) is 0 Å². The highest BCUT2D eigenvalue weighted by molar-refractivity contribution is 5.94. The van der Waals surface area contributed by atoms with Gasteiger partial charge in [0, 0.05) is 18.4 Å². The minimum absolute atomic E-state index is 0.175. The second kappa shape index (κ2) is 8.06. The third-order valence-electron chi connectivity index (χ3n) is 3.68. The van der Waals surface area contributed by atoms with E-state index in [2.05, 4.69) is 15.6 Å². The largest absolute Gasteiger partial charge is 0.354 e. The zero-order valence-electron chi connectivity index (χ0n) is 13.6. The molecule has 0 spiro atoms. The van der Waals surface area contributed by atoms with Gasteiger partial charge in [-0.3, -0.25) is 9.78 Å². The van der Waals surface area contributed by atoms with E-state index in [9.17, 15) is 9.18 Å². The predicted octanol–water partition coefficient (Wildman–Crippen LogP) is 3.94. The fraction of sp³-hybridized carbons (Fsp3) is 0.100. The van der Waals surface area contributed by atoms with Crippen molar-refractivity contribution in [2.45, 2.75) is 6.42 Å². The Balaban J connectivity index is 1.58. The zero-order chi connectivity index (χ0) is 17.5. The van der Waals surface area contributed by atoms with Gasteiger partial charge < -0.3 is 10.6 Å². The standard InChI is InChI=1S/C20H18FN3O/c21-17-6-8-18(9-7-17)24-19-12-16(13-22-14-19)20(25)23-11-10-15-4-2-1-3-5-15/h1-9,12-14,24H,10-11H2,(H,23,25). The van der Waals surface area contributed by atoms with Crippen molar-refractivity contribution >= 4 is 17.3 Å². The normalized spacial score (nSPS) is 10.3. The molecule has 0 unspecified atom stereocenters. The van der Waals surface area contributed by atoms with E-state index in [1.807, 2.05) is 30.3 Å². The Hall–Kier alpha value is -3.21. The van der Waals surface area contributed by atoms with Crippen molar-refractivity contribution in [2.24, 2.45) is 0 Å². The van der Waals surface area contributed by atoms with E-state index in [1.165, 1.54) is 23.9 Å². The molecule has 0 bridgehead atoms. The monoisotopic (exact) mass is 335 g/mol. The molecule has 0 aliphatic carbocycles. The molecule has 1 heterocycles. The first-order chi connectivity index (χ1) is 12.2. The Labute approximate surface area is 145 Å². The fourth-order valence-corrected chi connectivity index (χ4v) is 2.40. The summed E-state index contributed by atoms with van der Waals surface area (Å²) in [6.45, 7) is 0.554. The Morgan fingerprint density at radius 3 is 2.48 bits per heavy atom. The summed E-state index contributed by atoms with van der Waals surface area (Å²) in [4.78, 5) is 16.3. The Kier molecular flexibility index (Phi) is 5.36. The summed E-state index contributed by atoms with van der Waals surface area (Å²) in [5.74, 6) is -0.471. The minimum atomic E-state index is -0.296. The molecule has 0 radical (unpaired) electrons. The first-order valence-corrected chi connectivity index (χ1v) is 8.00. The number of amides is 1. The first-order valence-electron chi connectivity index (χ1n) is 8.00. The lowest BCUT2D eigenvalue weighted by atomic mass is 10.1. The van der Waals surface area contributed by atoms with E-state index >= 15 is 0 Å². The average molecular weight is 335 g/mol. The van der Waals surface area contributed by atoms with Crippen molar-refractivity contribution in [2.75, 3.05) is 11.9 Å². The lowest BCUT2D eigenvalue weighted by molar-refractivity contribution is 0.0954. The molecule has 2 N–H and O–H groups in total. The van der Waals surface area contributed by atoms with E-state index in [-0.39, 0.29) is 11.7 Å². The summed E-state index contributed by atoms with van der Waals surface area (Å²) in [5, 5.41) is 5.99. The van der Waals surface area contributed by atoms with E-state index in [0.29, 0.717) is 17.8 Å². The van der Waals surface area contributed by atoms with Crippen molar-refractivity contribution in [3.05, 3.63) is 90.0 Å². The summed E-state index contributed by atoms with van der Waals surface area (Å²) >= 11 is 0. The third kappa shape index (κ3) is 4.88. The zero-order valence-corrected chi connectivity index (χ0v) is 13.6. The Bertz CT molecular complexity index is 835. The minimum Gasteiger partial charge on any atom is -0.354 e. The van der Waals surface area contributed by atoms with Crippen LogP contribution in [0.25, 0.3) is 0 Å². The van der Waals surface area contributed by atoms with Crippen LogP contribution in [0.5, 0.6) is 0 Å². The van der Waals surface area contributed by atoms with E-state index in [0.717, 1.165) is 12.1 Å². The van der Waals surface area contributed by atoms with Gasteiger partial charge in [0.2, 0.25) is 0 Å². The Morgan fingerprint density at radius 1 is 0.960 bits per heavy atom. The maximum atomic E-state index is 12.9. The molecule has 0 saturated heterocycles. The topological polar surface area (TPSA) is 54.0 Å². The van der Waals surface area contributed by atoms with Crippen LogP contribution in [0.1, 0.15) is 15.9 Å². The number of aromatic nitrogens is 1. The maximum absolute atomic E-state index is 12.9. The number of hydrogen-bond donors (Lipinski definition) is 2. The molecule has 4 nitrogen and oxygen atoms in total. The first kappa shape index (κ1) is 16.6. The molecule has 0 aliphatic rings. The van der Waals surface area contributed by atoms with Crippen LogP contribution in [0.4, 0.5) is 15.8 Å². The molecule has 1 amide bonds. The summed E-state index contributed by atoms with van der Waals surface area (Å²) in [5.41, 5.74) is 3.04. The summed E-state index contributed by atoms with van der Waals surface area (Å²) < 4.78 is 12.9. The number of carbonyl (C=O) groups excluding carboxylic acids is 1. The van der Waals surface area contributed by atoms with Crippen LogP contribution >= 0.6 is 0 Å². The average Bonchev–Trinajstić information content (AvgIpc) is 2.65. The highest BCUT2D eigenvalue weighted by atomic mass is 19.1. The fourth-order valence-electron chi connectivity index (χ4n) is 2.40. The maximum Gasteiger partial charge on any atom is 0.252 e. The van der Waals surface area contributed by atoms with Gasteiger partial charge in [-0.2, -0.15) is 0 Å². The molecule has 1 aromatic heterocycles. The van der Waals surface area contributed by atoms with E-state index < -0.39 is 0 Å². The predicted molar refractivity (Wildman–Crippen MR) is 96.4 cm³/mol. The smallest absolute Gasteiger partial charge is 0.252 e. The van der Waals surface area contributed by atoms with Crippen LogP contribution in [0.15, 0.2) is 73.1 Å². The van der Waals surface area contributed by atoms with Crippen LogP contribution in [0, 0.1) is 5.82 Å². The van der Waals surface area contributed by atoms with Crippen molar-refractivity contribution < 1.29 is 9.18 Å². The molecule has 25 heavy (non-hydrogen) atoms. The van der Waals surface area contributed by atoms with Gasteiger partial charge >= 0.3 is 0 Å². The molecule has 126 valence electrons. The van der Waals surface area contributed by atoms with Crippen LogP contribution in [0.2, 0.25) is 0 Å². The Morgan fingerprint density at radius 2 is 1.72 bits per heavy atom. The molecule has 0 saturated carbocycles. The molecule has 5 heteroatoms. The number of carbonyl (C=O) groups is 1. The van der Waals surface area contributed by atoms with Crippen LogP contribution in [0.3, 0.4) is 0 Å². The number of nitrogens with zero attached hydrogens (tertiary/aromatic N) is 1. The number of pyridine rings is 1. The molecule has 2 aromatic carbocycles. The van der Waals surface area contributed by atoms with Crippen LogP contribution < -0.4 is 10.6 Å². The summed E-state index contributed by atoms with van der Waals surface area (Å²) in [6, 6.07) is 17.7. The number of anilines is 2. The summed E-state index contributed by atoms with van der Waals surface area (Å²) in [6.07, 6.45) is 3.91. The molecule has 3 aromatic rings. The van der Waals surface area contributed by atoms with E-state index in [4.69, 9.17) is 0 Å². The highest BCUT2D eigenvalue weighted by Gasteiger charge is 2.07. The van der Waals surface area contributed by atoms with Gasteiger partial charge in [-0.15, -0.1) is 0 Å². The third-order valence-corrected chi connectivity index (χ3v) is 3.68. The molecular formula is C20H18FN3O.